The molecule has 0 N–H and O–H groups in total. The first-order valence-electron chi connectivity index (χ1n) is 6.23. The summed E-state index contributed by atoms with van der Waals surface area (Å²) in [5, 5.41) is 0. The van der Waals surface area contributed by atoms with E-state index in [1.807, 2.05) is 12.1 Å². The van der Waals surface area contributed by atoms with Gasteiger partial charge in [0.15, 0.2) is 0 Å². The van der Waals surface area contributed by atoms with Crippen LogP contribution in [0.3, 0.4) is 0 Å². The van der Waals surface area contributed by atoms with Crippen molar-refractivity contribution in [2.45, 2.75) is 45.0 Å². The molecule has 2 aromatic rings. The van der Waals surface area contributed by atoms with Crippen LogP contribution >= 0.6 is 27.5 Å². The SMILES string of the molecule is CCCC(C)(C)n1c(CCl)nc2ccc(Br)cc21. The average molecular weight is 330 g/mol. The molecule has 1 aromatic heterocycles. The molecule has 1 aromatic carbocycles. The van der Waals surface area contributed by atoms with Crippen LogP contribution in [0.15, 0.2) is 22.7 Å². The minimum Gasteiger partial charge on any atom is -0.321 e. The molecule has 0 radical (unpaired) electrons. The Morgan fingerprint density at radius 3 is 2.72 bits per heavy atom. The van der Waals surface area contributed by atoms with E-state index in [1.165, 1.54) is 0 Å². The number of benzene rings is 1. The lowest BCUT2D eigenvalue weighted by atomic mass is 9.98. The van der Waals surface area contributed by atoms with Gasteiger partial charge in [-0.3, -0.25) is 0 Å². The average Bonchev–Trinajstić information content (AvgIpc) is 2.67. The highest BCUT2D eigenvalue weighted by Gasteiger charge is 2.24. The molecule has 0 spiro atoms. The van der Waals surface area contributed by atoms with Crippen molar-refractivity contribution < 1.29 is 0 Å². The fourth-order valence-corrected chi connectivity index (χ4v) is 3.12. The lowest BCUT2D eigenvalue weighted by Gasteiger charge is -2.29. The fraction of sp³-hybridized carbons (Fsp3) is 0.500. The molecule has 0 saturated heterocycles. The van der Waals surface area contributed by atoms with Crippen molar-refractivity contribution in [3.63, 3.8) is 0 Å². The van der Waals surface area contributed by atoms with Gasteiger partial charge in [0.25, 0.3) is 0 Å². The Labute approximate surface area is 121 Å². The molecule has 0 aliphatic heterocycles. The van der Waals surface area contributed by atoms with Crippen molar-refractivity contribution in [3.8, 4) is 0 Å². The molecule has 2 nitrogen and oxygen atoms in total. The molecule has 0 aliphatic rings. The third-order valence-corrected chi connectivity index (χ3v) is 4.00. The molecular formula is C14H18BrClN2. The molecule has 0 unspecified atom stereocenters. The van der Waals surface area contributed by atoms with E-state index in [0.717, 1.165) is 34.2 Å². The van der Waals surface area contributed by atoms with E-state index in [0.29, 0.717) is 5.88 Å². The molecular weight excluding hydrogens is 312 g/mol. The van der Waals surface area contributed by atoms with Crippen LogP contribution in [0.2, 0.25) is 0 Å². The first kappa shape index (κ1) is 13.9. The van der Waals surface area contributed by atoms with E-state index in [9.17, 15) is 0 Å². The maximum atomic E-state index is 6.05. The zero-order valence-electron chi connectivity index (χ0n) is 11.0. The van der Waals surface area contributed by atoms with Crippen molar-refractivity contribution in [2.75, 3.05) is 0 Å². The van der Waals surface area contributed by atoms with Gasteiger partial charge < -0.3 is 4.57 Å². The van der Waals surface area contributed by atoms with Gasteiger partial charge in [0.2, 0.25) is 0 Å². The molecule has 0 saturated carbocycles. The first-order chi connectivity index (χ1) is 8.49. The van der Waals surface area contributed by atoms with Gasteiger partial charge in [0.1, 0.15) is 5.82 Å². The Morgan fingerprint density at radius 1 is 1.39 bits per heavy atom. The van der Waals surface area contributed by atoms with Gasteiger partial charge in [0, 0.05) is 10.0 Å². The monoisotopic (exact) mass is 328 g/mol. The smallest absolute Gasteiger partial charge is 0.125 e. The molecule has 0 fully saturated rings. The van der Waals surface area contributed by atoms with Crippen LogP contribution in [0.1, 0.15) is 39.4 Å². The van der Waals surface area contributed by atoms with Crippen LogP contribution in [0, 0.1) is 0 Å². The Kier molecular flexibility index (Phi) is 4.02. The summed E-state index contributed by atoms with van der Waals surface area (Å²) < 4.78 is 3.36. The van der Waals surface area contributed by atoms with Crippen LogP contribution in [-0.2, 0) is 11.4 Å². The lowest BCUT2D eigenvalue weighted by Crippen LogP contribution is -2.27. The topological polar surface area (TPSA) is 17.8 Å². The highest BCUT2D eigenvalue weighted by molar-refractivity contribution is 9.10. The summed E-state index contributed by atoms with van der Waals surface area (Å²) in [6.07, 6.45) is 2.25. The second kappa shape index (κ2) is 5.22. The minimum atomic E-state index is 0.0362. The highest BCUT2D eigenvalue weighted by Crippen LogP contribution is 2.31. The number of hydrogen-bond donors (Lipinski definition) is 0. The Morgan fingerprint density at radius 2 is 2.11 bits per heavy atom. The van der Waals surface area contributed by atoms with Gasteiger partial charge in [0.05, 0.1) is 16.9 Å². The van der Waals surface area contributed by atoms with Gasteiger partial charge in [-0.1, -0.05) is 29.3 Å². The van der Waals surface area contributed by atoms with Gasteiger partial charge in [-0.15, -0.1) is 11.6 Å². The quantitative estimate of drug-likeness (QED) is 0.716. The molecule has 98 valence electrons. The maximum Gasteiger partial charge on any atom is 0.125 e. The molecule has 2 rings (SSSR count). The summed E-state index contributed by atoms with van der Waals surface area (Å²) in [6, 6.07) is 6.17. The van der Waals surface area contributed by atoms with E-state index >= 15 is 0 Å². The lowest BCUT2D eigenvalue weighted by molar-refractivity contribution is 0.326. The van der Waals surface area contributed by atoms with E-state index in [4.69, 9.17) is 11.6 Å². The van der Waals surface area contributed by atoms with Gasteiger partial charge in [-0.2, -0.15) is 0 Å². The Balaban J connectivity index is 2.69. The number of hydrogen-bond acceptors (Lipinski definition) is 1. The minimum absolute atomic E-state index is 0.0362. The third kappa shape index (κ3) is 2.43. The van der Waals surface area contributed by atoms with Gasteiger partial charge in [-0.05, 0) is 38.5 Å². The Bertz CT molecular complexity index is 560. The predicted molar refractivity (Wildman–Crippen MR) is 81.2 cm³/mol. The maximum absolute atomic E-state index is 6.05. The van der Waals surface area contributed by atoms with Gasteiger partial charge in [-0.25, -0.2) is 4.98 Å². The largest absolute Gasteiger partial charge is 0.321 e. The highest BCUT2D eigenvalue weighted by atomic mass is 79.9. The molecule has 0 bridgehead atoms. The van der Waals surface area contributed by atoms with E-state index in [2.05, 4.69) is 52.3 Å². The number of halogens is 2. The number of rotatable bonds is 4. The number of aromatic nitrogens is 2. The van der Waals surface area contributed by atoms with Crippen molar-refractivity contribution in [3.05, 3.63) is 28.5 Å². The summed E-state index contributed by atoms with van der Waals surface area (Å²) in [7, 11) is 0. The van der Waals surface area contributed by atoms with Gasteiger partial charge >= 0.3 is 0 Å². The molecule has 0 aliphatic carbocycles. The summed E-state index contributed by atoms with van der Waals surface area (Å²) >= 11 is 9.58. The Hall–Kier alpha value is -0.540. The first-order valence-corrected chi connectivity index (χ1v) is 7.55. The van der Waals surface area contributed by atoms with Crippen molar-refractivity contribution >= 4 is 38.6 Å². The third-order valence-electron chi connectivity index (χ3n) is 3.27. The van der Waals surface area contributed by atoms with Crippen molar-refractivity contribution in [2.24, 2.45) is 0 Å². The molecule has 0 amide bonds. The molecule has 18 heavy (non-hydrogen) atoms. The normalized spacial score (nSPS) is 12.3. The number of imidazole rings is 1. The second-order valence-electron chi connectivity index (χ2n) is 5.19. The summed E-state index contributed by atoms with van der Waals surface area (Å²) in [5.74, 6) is 1.39. The summed E-state index contributed by atoms with van der Waals surface area (Å²) in [6.45, 7) is 6.69. The zero-order valence-corrected chi connectivity index (χ0v) is 13.3. The van der Waals surface area contributed by atoms with E-state index in [-0.39, 0.29) is 5.54 Å². The molecule has 4 heteroatoms. The number of alkyl halides is 1. The van der Waals surface area contributed by atoms with E-state index < -0.39 is 0 Å². The zero-order chi connectivity index (χ0) is 13.3. The molecule has 0 atom stereocenters. The number of nitrogens with zero attached hydrogens (tertiary/aromatic N) is 2. The van der Waals surface area contributed by atoms with Crippen LogP contribution in [0.5, 0.6) is 0 Å². The van der Waals surface area contributed by atoms with Crippen LogP contribution in [-0.4, -0.2) is 9.55 Å². The van der Waals surface area contributed by atoms with Crippen molar-refractivity contribution in [1.82, 2.24) is 9.55 Å². The predicted octanol–water partition coefficient (Wildman–Crippen LogP) is 5.07. The van der Waals surface area contributed by atoms with Crippen LogP contribution in [0.25, 0.3) is 11.0 Å². The van der Waals surface area contributed by atoms with E-state index in [1.54, 1.807) is 0 Å². The summed E-state index contributed by atoms with van der Waals surface area (Å²) in [4.78, 5) is 4.63. The summed E-state index contributed by atoms with van der Waals surface area (Å²) in [5.41, 5.74) is 2.20. The van der Waals surface area contributed by atoms with Crippen LogP contribution < -0.4 is 0 Å². The fourth-order valence-electron chi connectivity index (χ4n) is 2.59. The number of fused-ring (bicyclic) bond motifs is 1. The second-order valence-corrected chi connectivity index (χ2v) is 6.38. The molecule has 1 heterocycles. The van der Waals surface area contributed by atoms with Crippen LogP contribution in [0.4, 0.5) is 0 Å². The van der Waals surface area contributed by atoms with Crippen molar-refractivity contribution in [1.29, 1.82) is 0 Å². The standard InChI is InChI=1S/C14H18BrClN2/c1-4-7-14(2,3)18-12-8-10(15)5-6-11(12)17-13(18)9-16/h5-6,8H,4,7,9H2,1-3H3.